The first-order valence-electron chi connectivity index (χ1n) is 7.29. The number of rotatable bonds is 6. The predicted octanol–water partition coefficient (Wildman–Crippen LogP) is 3.08. The zero-order valence-electron chi connectivity index (χ0n) is 13.3. The largest absolute Gasteiger partial charge is 0.495 e. The van der Waals surface area contributed by atoms with E-state index in [1.807, 2.05) is 18.2 Å². The maximum Gasteiger partial charge on any atom is 0.322 e. The molecule has 0 amide bonds. The Morgan fingerprint density at radius 2 is 1.56 bits per heavy atom. The smallest absolute Gasteiger partial charge is 0.322 e. The number of hydrogen-bond acceptors (Lipinski definition) is 6. The van der Waals surface area contributed by atoms with Crippen LogP contribution in [-0.4, -0.2) is 25.5 Å². The maximum absolute atomic E-state index is 12.5. The summed E-state index contributed by atoms with van der Waals surface area (Å²) in [5.41, 5.74) is 0.214. The summed E-state index contributed by atoms with van der Waals surface area (Å²) >= 11 is 0. The van der Waals surface area contributed by atoms with Gasteiger partial charge in [-0.2, -0.15) is 0 Å². The molecule has 0 spiro atoms. The second kappa shape index (κ2) is 7.18. The topological polar surface area (TPSA) is 90.4 Å². The summed E-state index contributed by atoms with van der Waals surface area (Å²) in [5, 5.41) is 0. The van der Waals surface area contributed by atoms with Gasteiger partial charge in [0.05, 0.1) is 25.2 Å². The molecule has 128 valence electrons. The van der Waals surface area contributed by atoms with E-state index in [1.54, 1.807) is 30.3 Å². The number of nitrogens with one attached hydrogen (secondary N) is 1. The molecule has 0 saturated carbocycles. The fourth-order valence-electron chi connectivity index (χ4n) is 2.07. The van der Waals surface area contributed by atoms with Gasteiger partial charge in [-0.15, -0.1) is 0 Å². The van der Waals surface area contributed by atoms with Gasteiger partial charge in [0.2, 0.25) is 0 Å². The Morgan fingerprint density at radius 1 is 0.920 bits per heavy atom. The zero-order chi connectivity index (χ0) is 17.7. The molecule has 0 saturated heterocycles. The molecule has 0 atom stereocenters. The van der Waals surface area contributed by atoms with Crippen molar-refractivity contribution in [2.75, 3.05) is 11.8 Å². The van der Waals surface area contributed by atoms with Crippen LogP contribution in [-0.2, 0) is 10.0 Å². The molecule has 2 aromatic carbocycles. The third kappa shape index (κ3) is 4.04. The van der Waals surface area contributed by atoms with Crippen molar-refractivity contribution in [3.8, 4) is 17.5 Å². The van der Waals surface area contributed by atoms with Crippen molar-refractivity contribution in [1.82, 2.24) is 9.97 Å². The lowest BCUT2D eigenvalue weighted by Gasteiger charge is -2.11. The Hall–Kier alpha value is -3.13. The summed E-state index contributed by atoms with van der Waals surface area (Å²) in [6, 6.07) is 15.5. The first-order chi connectivity index (χ1) is 12.1. The lowest BCUT2D eigenvalue weighted by Crippen LogP contribution is -2.14. The number of benzene rings is 2. The molecule has 0 aliphatic carbocycles. The van der Waals surface area contributed by atoms with Gasteiger partial charge in [0.1, 0.15) is 16.4 Å². The van der Waals surface area contributed by atoms with Crippen LogP contribution in [0.1, 0.15) is 0 Å². The Labute approximate surface area is 145 Å². The molecule has 8 heteroatoms. The summed E-state index contributed by atoms with van der Waals surface area (Å²) in [6.07, 6.45) is 2.66. The standard InChI is InChI=1S/C17H15N3O4S/c1-23-15-9-5-6-10-16(15)25(21,22)20-13-11-18-17(19-12-13)24-14-7-3-2-4-8-14/h2-12,20H,1H3. The van der Waals surface area contributed by atoms with Crippen LogP contribution >= 0.6 is 0 Å². The van der Waals surface area contributed by atoms with E-state index in [9.17, 15) is 8.42 Å². The number of para-hydroxylation sites is 2. The van der Waals surface area contributed by atoms with Crippen molar-refractivity contribution in [3.63, 3.8) is 0 Å². The van der Waals surface area contributed by atoms with Gasteiger partial charge in [-0.3, -0.25) is 4.72 Å². The van der Waals surface area contributed by atoms with Crippen LogP contribution in [0, 0.1) is 0 Å². The number of hydrogen-bond donors (Lipinski definition) is 1. The minimum absolute atomic E-state index is 0.0297. The van der Waals surface area contributed by atoms with E-state index in [-0.39, 0.29) is 22.3 Å². The van der Waals surface area contributed by atoms with E-state index in [0.29, 0.717) is 5.75 Å². The zero-order valence-corrected chi connectivity index (χ0v) is 14.1. The second-order valence-electron chi connectivity index (χ2n) is 4.93. The second-order valence-corrected chi connectivity index (χ2v) is 6.58. The van der Waals surface area contributed by atoms with Gasteiger partial charge in [0.25, 0.3) is 10.0 Å². The van der Waals surface area contributed by atoms with Crippen LogP contribution in [0.3, 0.4) is 0 Å². The van der Waals surface area contributed by atoms with Crippen LogP contribution in [0.25, 0.3) is 0 Å². The first kappa shape index (κ1) is 16.7. The predicted molar refractivity (Wildman–Crippen MR) is 92.4 cm³/mol. The molecule has 0 unspecified atom stereocenters. The summed E-state index contributed by atoms with van der Waals surface area (Å²) in [7, 11) is -2.41. The highest BCUT2D eigenvalue weighted by molar-refractivity contribution is 7.92. The average Bonchev–Trinajstić information content (AvgIpc) is 2.64. The van der Waals surface area contributed by atoms with Crippen molar-refractivity contribution in [2.45, 2.75) is 4.90 Å². The van der Waals surface area contributed by atoms with Gasteiger partial charge >= 0.3 is 6.01 Å². The van der Waals surface area contributed by atoms with Gasteiger partial charge in [-0.25, -0.2) is 18.4 Å². The van der Waals surface area contributed by atoms with Crippen LogP contribution in [0.5, 0.6) is 17.5 Å². The number of nitrogens with zero attached hydrogens (tertiary/aromatic N) is 2. The lowest BCUT2D eigenvalue weighted by atomic mass is 10.3. The molecule has 1 heterocycles. The van der Waals surface area contributed by atoms with Crippen LogP contribution in [0.4, 0.5) is 5.69 Å². The minimum atomic E-state index is -3.82. The molecule has 0 aliphatic rings. The first-order valence-corrected chi connectivity index (χ1v) is 8.77. The molecular weight excluding hydrogens is 342 g/mol. The maximum atomic E-state index is 12.5. The molecular formula is C17H15N3O4S. The third-order valence-electron chi connectivity index (χ3n) is 3.19. The normalized spacial score (nSPS) is 10.9. The molecule has 0 bridgehead atoms. The van der Waals surface area contributed by atoms with Crippen LogP contribution < -0.4 is 14.2 Å². The van der Waals surface area contributed by atoms with Crippen molar-refractivity contribution < 1.29 is 17.9 Å². The van der Waals surface area contributed by atoms with E-state index < -0.39 is 10.0 Å². The fourth-order valence-corrected chi connectivity index (χ4v) is 3.27. The van der Waals surface area contributed by atoms with Crippen LogP contribution in [0.2, 0.25) is 0 Å². The molecule has 1 N–H and O–H groups in total. The highest BCUT2D eigenvalue weighted by Crippen LogP contribution is 2.25. The van der Waals surface area contributed by atoms with Crippen molar-refractivity contribution in [2.24, 2.45) is 0 Å². The van der Waals surface area contributed by atoms with Gasteiger partial charge in [-0.1, -0.05) is 30.3 Å². The van der Waals surface area contributed by atoms with E-state index in [1.165, 1.54) is 25.6 Å². The Balaban J connectivity index is 1.77. The van der Waals surface area contributed by atoms with E-state index in [0.717, 1.165) is 0 Å². The number of aromatic nitrogens is 2. The Morgan fingerprint density at radius 3 is 2.24 bits per heavy atom. The molecule has 0 aliphatic heterocycles. The SMILES string of the molecule is COc1ccccc1S(=O)(=O)Nc1cnc(Oc2ccccc2)nc1. The fraction of sp³-hybridized carbons (Fsp3) is 0.0588. The lowest BCUT2D eigenvalue weighted by molar-refractivity contribution is 0.403. The summed E-state index contributed by atoms with van der Waals surface area (Å²) in [5.74, 6) is 0.838. The molecule has 25 heavy (non-hydrogen) atoms. The molecule has 3 aromatic rings. The quantitative estimate of drug-likeness (QED) is 0.729. The van der Waals surface area contributed by atoms with Crippen LogP contribution in [0.15, 0.2) is 71.9 Å². The minimum Gasteiger partial charge on any atom is -0.495 e. The number of ether oxygens (including phenoxy) is 2. The number of sulfonamides is 1. The van der Waals surface area contributed by atoms with E-state index in [4.69, 9.17) is 9.47 Å². The van der Waals surface area contributed by atoms with Gasteiger partial charge in [0.15, 0.2) is 0 Å². The summed E-state index contributed by atoms with van der Waals surface area (Å²) < 4.78 is 37.9. The van der Waals surface area contributed by atoms with E-state index in [2.05, 4.69) is 14.7 Å². The van der Waals surface area contributed by atoms with Crippen molar-refractivity contribution in [1.29, 1.82) is 0 Å². The van der Waals surface area contributed by atoms with Gasteiger partial charge in [-0.05, 0) is 24.3 Å². The molecule has 0 radical (unpaired) electrons. The summed E-state index contributed by atoms with van der Waals surface area (Å²) in [4.78, 5) is 8.04. The van der Waals surface area contributed by atoms with Gasteiger partial charge in [0, 0.05) is 0 Å². The van der Waals surface area contributed by atoms with Crippen molar-refractivity contribution >= 4 is 15.7 Å². The van der Waals surface area contributed by atoms with Gasteiger partial charge < -0.3 is 9.47 Å². The molecule has 1 aromatic heterocycles. The molecule has 3 rings (SSSR count). The Kier molecular flexibility index (Phi) is 4.80. The summed E-state index contributed by atoms with van der Waals surface area (Å²) in [6.45, 7) is 0. The monoisotopic (exact) mass is 357 g/mol. The van der Waals surface area contributed by atoms with E-state index >= 15 is 0 Å². The molecule has 7 nitrogen and oxygen atoms in total. The highest BCUT2D eigenvalue weighted by atomic mass is 32.2. The average molecular weight is 357 g/mol. The Bertz CT molecular complexity index is 945. The van der Waals surface area contributed by atoms with Crippen molar-refractivity contribution in [3.05, 3.63) is 67.0 Å². The molecule has 0 fully saturated rings. The third-order valence-corrected chi connectivity index (χ3v) is 4.61. The number of methoxy groups -OCH3 is 1. The number of anilines is 1. The highest BCUT2D eigenvalue weighted by Gasteiger charge is 2.19.